The first-order valence-corrected chi connectivity index (χ1v) is 4.32. The molecule has 3 nitrogen and oxygen atoms in total. The first-order valence-electron chi connectivity index (χ1n) is 4.32. The Kier molecular flexibility index (Phi) is 1.91. The van der Waals surface area contributed by atoms with Gasteiger partial charge in [0.15, 0.2) is 0 Å². The number of benzene rings is 1. The molecule has 2 N–H and O–H groups in total. The van der Waals surface area contributed by atoms with E-state index in [0.717, 1.165) is 12.2 Å². The number of hydrogen-bond acceptors (Lipinski definition) is 3. The van der Waals surface area contributed by atoms with E-state index in [9.17, 15) is 0 Å². The van der Waals surface area contributed by atoms with Crippen LogP contribution in [0, 0.1) is 11.3 Å². The van der Waals surface area contributed by atoms with Gasteiger partial charge in [0.05, 0.1) is 17.7 Å². The molecule has 1 heterocycles. The van der Waals surface area contributed by atoms with Gasteiger partial charge in [-0.25, -0.2) is 0 Å². The third-order valence-electron chi connectivity index (χ3n) is 2.29. The summed E-state index contributed by atoms with van der Waals surface area (Å²) in [6.45, 7) is 1.71. The normalized spacial score (nSPS) is 19.7. The topological polar surface area (TPSA) is 52.8 Å². The summed E-state index contributed by atoms with van der Waals surface area (Å²) in [5.74, 6) is 0. The van der Waals surface area contributed by atoms with Gasteiger partial charge in [0, 0.05) is 18.8 Å². The molecule has 1 aromatic rings. The standard InChI is InChI=1S/C10H11N3/c11-5-8-2-1-3-9(4-8)13-7-10(13)6-12/h1-4,10H,6-7,12H2. The summed E-state index contributed by atoms with van der Waals surface area (Å²) in [7, 11) is 0. The van der Waals surface area contributed by atoms with Crippen molar-refractivity contribution in [3.8, 4) is 6.07 Å². The molecule has 0 saturated carbocycles. The Morgan fingerprint density at radius 1 is 1.62 bits per heavy atom. The van der Waals surface area contributed by atoms with E-state index in [1.807, 2.05) is 24.3 Å². The number of nitrogens with zero attached hydrogens (tertiary/aromatic N) is 2. The fourth-order valence-electron chi connectivity index (χ4n) is 1.45. The van der Waals surface area contributed by atoms with Crippen LogP contribution in [0.4, 0.5) is 5.69 Å². The van der Waals surface area contributed by atoms with E-state index in [2.05, 4.69) is 11.0 Å². The molecular weight excluding hydrogens is 162 g/mol. The lowest BCUT2D eigenvalue weighted by Crippen LogP contribution is -2.11. The molecule has 0 radical (unpaired) electrons. The van der Waals surface area contributed by atoms with Gasteiger partial charge in [-0.05, 0) is 18.2 Å². The Balaban J connectivity index is 2.19. The van der Waals surface area contributed by atoms with Gasteiger partial charge in [-0.2, -0.15) is 5.26 Å². The van der Waals surface area contributed by atoms with Crippen molar-refractivity contribution in [2.24, 2.45) is 5.73 Å². The minimum atomic E-state index is 0.481. The predicted molar refractivity (Wildman–Crippen MR) is 51.3 cm³/mol. The summed E-state index contributed by atoms with van der Waals surface area (Å²) in [6.07, 6.45) is 0. The van der Waals surface area contributed by atoms with Crippen molar-refractivity contribution < 1.29 is 0 Å². The molecule has 0 amide bonds. The van der Waals surface area contributed by atoms with Crippen molar-refractivity contribution in [3.63, 3.8) is 0 Å². The van der Waals surface area contributed by atoms with E-state index in [0.29, 0.717) is 18.2 Å². The average molecular weight is 173 g/mol. The van der Waals surface area contributed by atoms with Crippen LogP contribution in [0.2, 0.25) is 0 Å². The van der Waals surface area contributed by atoms with Gasteiger partial charge in [0.2, 0.25) is 0 Å². The Labute approximate surface area is 77.4 Å². The fourth-order valence-corrected chi connectivity index (χ4v) is 1.45. The smallest absolute Gasteiger partial charge is 0.0992 e. The monoisotopic (exact) mass is 173 g/mol. The van der Waals surface area contributed by atoms with Gasteiger partial charge in [-0.1, -0.05) is 6.07 Å². The summed E-state index contributed by atoms with van der Waals surface area (Å²) in [6, 6.07) is 10.2. The lowest BCUT2D eigenvalue weighted by molar-refractivity contribution is 0.967. The van der Waals surface area contributed by atoms with Crippen LogP contribution in [-0.2, 0) is 0 Å². The van der Waals surface area contributed by atoms with E-state index in [1.54, 1.807) is 0 Å². The highest BCUT2D eigenvalue weighted by Gasteiger charge is 2.32. The molecule has 0 spiro atoms. The average Bonchev–Trinajstić information content (AvgIpc) is 2.97. The molecule has 1 aromatic carbocycles. The van der Waals surface area contributed by atoms with E-state index < -0.39 is 0 Å². The SMILES string of the molecule is N#Cc1cccc(N2CC2CN)c1. The number of rotatable bonds is 2. The molecule has 1 saturated heterocycles. The minimum absolute atomic E-state index is 0.481. The zero-order valence-corrected chi connectivity index (χ0v) is 7.27. The summed E-state index contributed by atoms with van der Waals surface area (Å²) in [5.41, 5.74) is 7.34. The summed E-state index contributed by atoms with van der Waals surface area (Å²) < 4.78 is 0. The molecule has 3 heteroatoms. The summed E-state index contributed by atoms with van der Waals surface area (Å²) >= 11 is 0. The maximum absolute atomic E-state index is 8.69. The molecule has 2 rings (SSSR count). The molecule has 0 aromatic heterocycles. The van der Waals surface area contributed by atoms with Crippen LogP contribution < -0.4 is 10.6 Å². The van der Waals surface area contributed by atoms with E-state index >= 15 is 0 Å². The lowest BCUT2D eigenvalue weighted by atomic mass is 10.2. The van der Waals surface area contributed by atoms with Crippen molar-refractivity contribution in [1.82, 2.24) is 0 Å². The van der Waals surface area contributed by atoms with Gasteiger partial charge in [0.1, 0.15) is 0 Å². The molecule has 0 aliphatic carbocycles. The highest BCUT2D eigenvalue weighted by atomic mass is 15.3. The van der Waals surface area contributed by atoms with Crippen molar-refractivity contribution >= 4 is 5.69 Å². The molecule has 1 unspecified atom stereocenters. The van der Waals surface area contributed by atoms with Gasteiger partial charge in [-0.3, -0.25) is 0 Å². The largest absolute Gasteiger partial charge is 0.363 e. The van der Waals surface area contributed by atoms with Crippen molar-refractivity contribution in [2.75, 3.05) is 18.0 Å². The second kappa shape index (κ2) is 3.08. The van der Waals surface area contributed by atoms with E-state index in [-0.39, 0.29) is 0 Å². The van der Waals surface area contributed by atoms with Crippen LogP contribution in [0.5, 0.6) is 0 Å². The molecule has 66 valence electrons. The Morgan fingerprint density at radius 2 is 2.46 bits per heavy atom. The Morgan fingerprint density at radius 3 is 3.08 bits per heavy atom. The van der Waals surface area contributed by atoms with Crippen molar-refractivity contribution in [2.45, 2.75) is 6.04 Å². The minimum Gasteiger partial charge on any atom is -0.363 e. The second-order valence-corrected chi connectivity index (χ2v) is 3.20. The number of anilines is 1. The van der Waals surface area contributed by atoms with Crippen LogP contribution in [0.25, 0.3) is 0 Å². The molecule has 13 heavy (non-hydrogen) atoms. The summed E-state index contributed by atoms with van der Waals surface area (Å²) in [4.78, 5) is 2.20. The van der Waals surface area contributed by atoms with Gasteiger partial charge >= 0.3 is 0 Å². The third-order valence-corrected chi connectivity index (χ3v) is 2.29. The zero-order valence-electron chi connectivity index (χ0n) is 7.27. The predicted octanol–water partition coefficient (Wildman–Crippen LogP) is 0.706. The van der Waals surface area contributed by atoms with Gasteiger partial charge in [-0.15, -0.1) is 0 Å². The van der Waals surface area contributed by atoms with E-state index in [1.165, 1.54) is 0 Å². The molecule has 1 fully saturated rings. The van der Waals surface area contributed by atoms with Gasteiger partial charge < -0.3 is 10.6 Å². The summed E-state index contributed by atoms with van der Waals surface area (Å²) in [5, 5.41) is 8.69. The quantitative estimate of drug-likeness (QED) is 0.670. The van der Waals surface area contributed by atoms with Crippen LogP contribution in [0.1, 0.15) is 5.56 Å². The molecule has 1 aliphatic heterocycles. The van der Waals surface area contributed by atoms with E-state index in [4.69, 9.17) is 11.0 Å². The van der Waals surface area contributed by atoms with Crippen LogP contribution in [0.15, 0.2) is 24.3 Å². The molecular formula is C10H11N3. The lowest BCUT2D eigenvalue weighted by Gasteiger charge is -2.03. The third kappa shape index (κ3) is 1.49. The number of hydrogen-bond donors (Lipinski definition) is 1. The molecule has 0 bridgehead atoms. The van der Waals surface area contributed by atoms with Crippen LogP contribution in [0.3, 0.4) is 0 Å². The van der Waals surface area contributed by atoms with Gasteiger partial charge in [0.25, 0.3) is 0 Å². The zero-order chi connectivity index (χ0) is 9.26. The maximum Gasteiger partial charge on any atom is 0.0992 e. The molecule has 1 aliphatic rings. The first kappa shape index (κ1) is 8.09. The maximum atomic E-state index is 8.69. The van der Waals surface area contributed by atoms with Crippen molar-refractivity contribution in [3.05, 3.63) is 29.8 Å². The second-order valence-electron chi connectivity index (χ2n) is 3.20. The Hall–Kier alpha value is -1.53. The van der Waals surface area contributed by atoms with Crippen molar-refractivity contribution in [1.29, 1.82) is 5.26 Å². The van der Waals surface area contributed by atoms with Crippen LogP contribution >= 0.6 is 0 Å². The number of nitriles is 1. The number of nitrogens with two attached hydrogens (primary N) is 1. The van der Waals surface area contributed by atoms with Crippen LogP contribution in [-0.4, -0.2) is 19.1 Å². The highest BCUT2D eigenvalue weighted by molar-refractivity contribution is 5.57. The first-order chi connectivity index (χ1) is 6.35. The highest BCUT2D eigenvalue weighted by Crippen LogP contribution is 2.27. The fraction of sp³-hybridized carbons (Fsp3) is 0.300. The Bertz CT molecular complexity index is 353. The molecule has 1 atom stereocenters.